The lowest BCUT2D eigenvalue weighted by molar-refractivity contribution is 0.771. The van der Waals surface area contributed by atoms with Crippen LogP contribution in [0.25, 0.3) is 11.0 Å². The average molecular weight is 173 g/mol. The van der Waals surface area contributed by atoms with Crippen molar-refractivity contribution in [3.8, 4) is 0 Å². The van der Waals surface area contributed by atoms with Crippen LogP contribution in [0.15, 0.2) is 18.2 Å². The number of rotatable bonds is 0. The summed E-state index contributed by atoms with van der Waals surface area (Å²) >= 11 is 0. The predicted molar refractivity (Wildman–Crippen MR) is 52.5 cm³/mol. The molecule has 0 atom stereocenters. The Bertz CT molecular complexity index is 470. The molecular formula is C10H11N3. The van der Waals surface area contributed by atoms with Crippen LogP contribution in [-0.2, 0) is 13.0 Å². The molecule has 1 aromatic heterocycles. The SMILES string of the molecule is Nc1ccc2nc3n(c2c1)CCC3. The van der Waals surface area contributed by atoms with Gasteiger partial charge in [0, 0.05) is 18.7 Å². The zero-order valence-corrected chi connectivity index (χ0v) is 7.33. The second-order valence-corrected chi connectivity index (χ2v) is 3.53. The van der Waals surface area contributed by atoms with E-state index in [1.165, 1.54) is 17.8 Å². The Morgan fingerprint density at radius 1 is 1.38 bits per heavy atom. The minimum Gasteiger partial charge on any atom is -0.399 e. The topological polar surface area (TPSA) is 43.8 Å². The first-order valence-electron chi connectivity index (χ1n) is 4.59. The molecule has 2 N–H and O–H groups in total. The largest absolute Gasteiger partial charge is 0.399 e. The maximum Gasteiger partial charge on any atom is 0.109 e. The molecule has 3 rings (SSSR count). The number of aromatic nitrogens is 2. The molecule has 66 valence electrons. The van der Waals surface area contributed by atoms with Gasteiger partial charge >= 0.3 is 0 Å². The third kappa shape index (κ3) is 0.869. The van der Waals surface area contributed by atoms with Gasteiger partial charge in [-0.05, 0) is 24.6 Å². The van der Waals surface area contributed by atoms with Crippen LogP contribution >= 0.6 is 0 Å². The van der Waals surface area contributed by atoms with Gasteiger partial charge in [-0.1, -0.05) is 0 Å². The van der Waals surface area contributed by atoms with Gasteiger partial charge in [0.25, 0.3) is 0 Å². The lowest BCUT2D eigenvalue weighted by Crippen LogP contribution is -1.92. The summed E-state index contributed by atoms with van der Waals surface area (Å²) in [4.78, 5) is 4.54. The van der Waals surface area contributed by atoms with Gasteiger partial charge in [0.1, 0.15) is 5.82 Å². The van der Waals surface area contributed by atoms with E-state index >= 15 is 0 Å². The lowest BCUT2D eigenvalue weighted by atomic mass is 10.3. The molecule has 0 saturated carbocycles. The number of anilines is 1. The molecule has 0 unspecified atom stereocenters. The number of hydrogen-bond donors (Lipinski definition) is 1. The smallest absolute Gasteiger partial charge is 0.109 e. The Morgan fingerprint density at radius 3 is 3.23 bits per heavy atom. The van der Waals surface area contributed by atoms with Crippen molar-refractivity contribution < 1.29 is 0 Å². The number of nitrogens with two attached hydrogens (primary N) is 1. The summed E-state index contributed by atoms with van der Waals surface area (Å²) in [6, 6.07) is 5.91. The molecular weight excluding hydrogens is 162 g/mol. The van der Waals surface area contributed by atoms with E-state index in [0.29, 0.717) is 0 Å². The van der Waals surface area contributed by atoms with E-state index in [-0.39, 0.29) is 0 Å². The van der Waals surface area contributed by atoms with E-state index in [0.717, 1.165) is 24.2 Å². The molecule has 0 radical (unpaired) electrons. The van der Waals surface area contributed by atoms with Gasteiger partial charge in [-0.3, -0.25) is 0 Å². The van der Waals surface area contributed by atoms with E-state index in [9.17, 15) is 0 Å². The Balaban J connectivity index is 2.40. The van der Waals surface area contributed by atoms with Crippen molar-refractivity contribution in [1.82, 2.24) is 9.55 Å². The fourth-order valence-corrected chi connectivity index (χ4v) is 2.03. The zero-order valence-electron chi connectivity index (χ0n) is 7.33. The number of benzene rings is 1. The molecule has 2 heterocycles. The third-order valence-corrected chi connectivity index (χ3v) is 2.63. The fourth-order valence-electron chi connectivity index (χ4n) is 2.03. The van der Waals surface area contributed by atoms with E-state index < -0.39 is 0 Å². The molecule has 0 fully saturated rings. The van der Waals surface area contributed by atoms with Gasteiger partial charge in [-0.25, -0.2) is 4.98 Å². The van der Waals surface area contributed by atoms with Gasteiger partial charge in [-0.2, -0.15) is 0 Å². The average Bonchev–Trinajstić information content (AvgIpc) is 2.64. The molecule has 0 spiro atoms. The number of aryl methyl sites for hydroxylation is 2. The van der Waals surface area contributed by atoms with E-state index in [4.69, 9.17) is 5.73 Å². The van der Waals surface area contributed by atoms with Crippen LogP contribution in [-0.4, -0.2) is 9.55 Å². The minimum atomic E-state index is 0.821. The molecule has 0 aliphatic carbocycles. The van der Waals surface area contributed by atoms with Gasteiger partial charge in [0.05, 0.1) is 11.0 Å². The molecule has 0 saturated heterocycles. The quantitative estimate of drug-likeness (QED) is 0.614. The number of nitrogen functional groups attached to an aromatic ring is 1. The van der Waals surface area contributed by atoms with E-state index in [2.05, 4.69) is 9.55 Å². The number of hydrogen-bond acceptors (Lipinski definition) is 2. The molecule has 0 bridgehead atoms. The normalized spacial score (nSPS) is 15.1. The molecule has 1 aliphatic rings. The molecule has 3 nitrogen and oxygen atoms in total. The summed E-state index contributed by atoms with van der Waals surface area (Å²) in [5.74, 6) is 1.21. The molecule has 1 aliphatic heterocycles. The second kappa shape index (κ2) is 2.25. The summed E-state index contributed by atoms with van der Waals surface area (Å²) < 4.78 is 2.27. The van der Waals surface area contributed by atoms with E-state index in [1.54, 1.807) is 0 Å². The zero-order chi connectivity index (χ0) is 8.84. The predicted octanol–water partition coefficient (Wildman–Crippen LogP) is 1.56. The number of nitrogens with zero attached hydrogens (tertiary/aromatic N) is 2. The Morgan fingerprint density at radius 2 is 2.31 bits per heavy atom. The summed E-state index contributed by atoms with van der Waals surface area (Å²) in [5.41, 5.74) is 8.82. The van der Waals surface area contributed by atoms with Crippen LogP contribution in [0.1, 0.15) is 12.2 Å². The Hall–Kier alpha value is -1.51. The Kier molecular flexibility index (Phi) is 1.20. The van der Waals surface area contributed by atoms with Gasteiger partial charge in [-0.15, -0.1) is 0 Å². The third-order valence-electron chi connectivity index (χ3n) is 2.63. The van der Waals surface area contributed by atoms with Crippen LogP contribution < -0.4 is 5.73 Å². The maximum atomic E-state index is 5.74. The summed E-state index contributed by atoms with van der Waals surface area (Å²) in [5, 5.41) is 0. The van der Waals surface area contributed by atoms with Crippen molar-refractivity contribution >= 4 is 16.7 Å². The van der Waals surface area contributed by atoms with Crippen molar-refractivity contribution in [2.45, 2.75) is 19.4 Å². The van der Waals surface area contributed by atoms with Crippen LogP contribution in [0, 0.1) is 0 Å². The number of imidazole rings is 1. The van der Waals surface area contributed by atoms with Gasteiger partial charge in [0.2, 0.25) is 0 Å². The van der Waals surface area contributed by atoms with Gasteiger partial charge in [0.15, 0.2) is 0 Å². The first kappa shape index (κ1) is 6.95. The summed E-state index contributed by atoms with van der Waals surface area (Å²) in [6.45, 7) is 1.09. The molecule has 0 amide bonds. The van der Waals surface area contributed by atoms with Crippen molar-refractivity contribution in [1.29, 1.82) is 0 Å². The van der Waals surface area contributed by atoms with Crippen LogP contribution in [0.3, 0.4) is 0 Å². The van der Waals surface area contributed by atoms with Crippen molar-refractivity contribution in [2.75, 3.05) is 5.73 Å². The second-order valence-electron chi connectivity index (χ2n) is 3.53. The summed E-state index contributed by atoms with van der Waals surface area (Å²) in [6.07, 6.45) is 2.32. The van der Waals surface area contributed by atoms with Crippen LogP contribution in [0.4, 0.5) is 5.69 Å². The molecule has 3 heteroatoms. The monoisotopic (exact) mass is 173 g/mol. The van der Waals surface area contributed by atoms with E-state index in [1.807, 2.05) is 18.2 Å². The highest BCUT2D eigenvalue weighted by atomic mass is 15.1. The first-order chi connectivity index (χ1) is 6.34. The highest BCUT2D eigenvalue weighted by Gasteiger charge is 2.15. The lowest BCUT2D eigenvalue weighted by Gasteiger charge is -1.98. The van der Waals surface area contributed by atoms with Crippen molar-refractivity contribution in [3.05, 3.63) is 24.0 Å². The van der Waals surface area contributed by atoms with Crippen molar-refractivity contribution in [3.63, 3.8) is 0 Å². The number of fused-ring (bicyclic) bond motifs is 3. The summed E-state index contributed by atoms with van der Waals surface area (Å²) in [7, 11) is 0. The standard InChI is InChI=1S/C10H11N3/c11-7-3-4-8-9(6-7)13-5-1-2-10(13)12-8/h3-4,6H,1-2,5,11H2. The first-order valence-corrected chi connectivity index (χ1v) is 4.59. The van der Waals surface area contributed by atoms with Gasteiger partial charge < -0.3 is 10.3 Å². The van der Waals surface area contributed by atoms with Crippen molar-refractivity contribution in [2.24, 2.45) is 0 Å². The Labute approximate surface area is 76.2 Å². The maximum absolute atomic E-state index is 5.74. The highest BCUT2D eigenvalue weighted by molar-refractivity contribution is 5.79. The van der Waals surface area contributed by atoms with Crippen LogP contribution in [0.2, 0.25) is 0 Å². The van der Waals surface area contributed by atoms with Crippen LogP contribution in [0.5, 0.6) is 0 Å². The molecule has 13 heavy (non-hydrogen) atoms. The molecule has 1 aromatic carbocycles. The fraction of sp³-hybridized carbons (Fsp3) is 0.300. The molecule has 2 aromatic rings. The minimum absolute atomic E-state index is 0.821. The highest BCUT2D eigenvalue weighted by Crippen LogP contribution is 2.23.